The molecule has 0 aliphatic rings. The van der Waals surface area contributed by atoms with Crippen molar-refractivity contribution in [3.8, 4) is 0 Å². The van der Waals surface area contributed by atoms with E-state index in [0.29, 0.717) is 26.6 Å². The summed E-state index contributed by atoms with van der Waals surface area (Å²) in [7, 11) is 1.77. The highest BCUT2D eigenvalue weighted by Crippen LogP contribution is 2.09. The van der Waals surface area contributed by atoms with Gasteiger partial charge in [-0.05, 0) is 8.55 Å². The van der Waals surface area contributed by atoms with Crippen molar-refractivity contribution in [2.75, 3.05) is 0 Å². The molecule has 0 saturated carbocycles. The number of rotatable bonds is 11. The first-order chi connectivity index (χ1) is 6.91. The van der Waals surface area contributed by atoms with Crippen molar-refractivity contribution in [1.29, 1.82) is 0 Å². The Kier molecular flexibility index (Phi) is 14.3. The molecule has 0 bridgehead atoms. The Morgan fingerprint density at radius 3 is 1.93 bits per heavy atom. The lowest BCUT2D eigenvalue weighted by molar-refractivity contribution is 0.585. The van der Waals surface area contributed by atoms with E-state index >= 15 is 0 Å². The Morgan fingerprint density at radius 2 is 1.36 bits per heavy atom. The molecule has 0 fully saturated rings. The first kappa shape index (κ1) is 14.7. The van der Waals surface area contributed by atoms with Crippen molar-refractivity contribution in [2.45, 2.75) is 70.9 Å². The summed E-state index contributed by atoms with van der Waals surface area (Å²) in [5.41, 5.74) is 0. The predicted molar refractivity (Wildman–Crippen MR) is 78.9 cm³/mol. The largest absolute Gasteiger partial charge is 0.0773 e. The summed E-state index contributed by atoms with van der Waals surface area (Å²) >= 11 is 0. The van der Waals surface area contributed by atoms with Crippen LogP contribution in [-0.2, 0) is 0 Å². The lowest BCUT2D eigenvalue weighted by Crippen LogP contribution is -2.08. The molecule has 0 amide bonds. The SMILES string of the molecule is CCCCCCCCCC[SiH2][SiH2][SiH2]C. The van der Waals surface area contributed by atoms with Gasteiger partial charge in [-0.1, -0.05) is 70.9 Å². The van der Waals surface area contributed by atoms with Crippen molar-refractivity contribution in [1.82, 2.24) is 0 Å². The van der Waals surface area contributed by atoms with E-state index in [2.05, 4.69) is 13.5 Å². The van der Waals surface area contributed by atoms with Crippen molar-refractivity contribution >= 4 is 26.6 Å². The molecule has 3 heteroatoms. The van der Waals surface area contributed by atoms with E-state index in [-0.39, 0.29) is 0 Å². The standard InChI is InChI=1S/C11H30Si3/c1-3-4-5-6-7-8-9-10-11-13-14-12-2/h3-14H2,1-2H3. The number of hydrogen-bond acceptors (Lipinski definition) is 0. The molecule has 0 spiro atoms. The first-order valence-electron chi connectivity index (χ1n) is 6.91. The highest BCUT2D eigenvalue weighted by atomic mass is 29.5. The molecule has 0 atom stereocenters. The molecule has 0 aromatic carbocycles. The van der Waals surface area contributed by atoms with E-state index in [1.54, 1.807) is 18.9 Å². The summed E-state index contributed by atoms with van der Waals surface area (Å²) in [5, 5.41) is 0. The van der Waals surface area contributed by atoms with Crippen LogP contribution >= 0.6 is 0 Å². The zero-order chi connectivity index (χ0) is 10.5. The summed E-state index contributed by atoms with van der Waals surface area (Å²) in [6.07, 6.45) is 12.0. The molecule has 0 unspecified atom stereocenters. The van der Waals surface area contributed by atoms with E-state index in [9.17, 15) is 0 Å². The minimum Gasteiger partial charge on any atom is -0.0773 e. The third-order valence-corrected chi connectivity index (χ3v) is 21.1. The topological polar surface area (TPSA) is 0 Å². The zero-order valence-corrected chi connectivity index (χ0v) is 14.7. The molecule has 0 N–H and O–H groups in total. The van der Waals surface area contributed by atoms with Crippen LogP contribution in [0.25, 0.3) is 0 Å². The van der Waals surface area contributed by atoms with Crippen LogP contribution in [0.3, 0.4) is 0 Å². The van der Waals surface area contributed by atoms with Crippen LogP contribution in [0.2, 0.25) is 12.6 Å². The van der Waals surface area contributed by atoms with Gasteiger partial charge in [0.05, 0.1) is 0 Å². The van der Waals surface area contributed by atoms with Gasteiger partial charge in [-0.25, -0.2) is 0 Å². The first-order valence-corrected chi connectivity index (χ1v) is 17.3. The van der Waals surface area contributed by atoms with E-state index in [4.69, 9.17) is 0 Å². The third kappa shape index (κ3) is 12.7. The van der Waals surface area contributed by atoms with Gasteiger partial charge in [0.25, 0.3) is 0 Å². The monoisotopic (exact) mass is 246 g/mol. The molecule has 86 valence electrons. The molecule has 0 radical (unpaired) electrons. The molecule has 0 aromatic rings. The van der Waals surface area contributed by atoms with Gasteiger partial charge in [0.1, 0.15) is 0 Å². The second-order valence-corrected chi connectivity index (χ2v) is 21.3. The second kappa shape index (κ2) is 13.7. The second-order valence-electron chi connectivity index (χ2n) is 4.54. The average molecular weight is 247 g/mol. The van der Waals surface area contributed by atoms with E-state index < -0.39 is 0 Å². The van der Waals surface area contributed by atoms with Crippen LogP contribution in [0, 0.1) is 0 Å². The molecular formula is C11H30Si3. The molecule has 14 heavy (non-hydrogen) atoms. The van der Waals surface area contributed by atoms with Gasteiger partial charge in [-0.2, -0.15) is 0 Å². The lowest BCUT2D eigenvalue weighted by atomic mass is 10.1. The Morgan fingerprint density at radius 1 is 0.786 bits per heavy atom. The molecule has 0 aromatic heterocycles. The molecule has 0 heterocycles. The number of unbranched alkanes of at least 4 members (excludes halogenated alkanes) is 7. The summed E-state index contributed by atoms with van der Waals surface area (Å²) in [5.74, 6) is 0. The Balaban J connectivity index is 2.78. The van der Waals surface area contributed by atoms with Crippen LogP contribution in [0.15, 0.2) is 0 Å². The summed E-state index contributed by atoms with van der Waals surface area (Å²) in [6.45, 7) is 4.82. The maximum Gasteiger partial charge on any atom is 0.00492 e. The normalized spacial score (nSPS) is 13.3. The van der Waals surface area contributed by atoms with Crippen molar-refractivity contribution in [3.05, 3.63) is 0 Å². The van der Waals surface area contributed by atoms with Crippen LogP contribution in [0.1, 0.15) is 58.3 Å². The lowest BCUT2D eigenvalue weighted by Gasteiger charge is -2.00. The highest BCUT2D eigenvalue weighted by Gasteiger charge is 1.92. The van der Waals surface area contributed by atoms with Gasteiger partial charge in [0.2, 0.25) is 0 Å². The van der Waals surface area contributed by atoms with Gasteiger partial charge in [-0.3, -0.25) is 0 Å². The van der Waals surface area contributed by atoms with Gasteiger partial charge in [0.15, 0.2) is 0 Å². The fraction of sp³-hybridized carbons (Fsp3) is 1.00. The fourth-order valence-electron chi connectivity index (χ4n) is 1.91. The zero-order valence-electron chi connectivity index (χ0n) is 10.5. The maximum absolute atomic E-state index is 2.52. The molecule has 0 saturated heterocycles. The Bertz CT molecular complexity index is 84.5. The molecule has 0 rings (SSSR count). The van der Waals surface area contributed by atoms with Gasteiger partial charge in [0, 0.05) is 18.1 Å². The highest BCUT2D eigenvalue weighted by molar-refractivity contribution is 7.29. The summed E-state index contributed by atoms with van der Waals surface area (Å²) in [4.78, 5) is 0. The van der Waals surface area contributed by atoms with Crippen LogP contribution < -0.4 is 0 Å². The van der Waals surface area contributed by atoms with Gasteiger partial charge in [-0.15, -0.1) is 0 Å². The third-order valence-electron chi connectivity index (χ3n) is 2.96. The summed E-state index contributed by atoms with van der Waals surface area (Å²) in [6, 6.07) is 1.71. The Hall–Kier alpha value is 0.651. The minimum atomic E-state index is 0.561. The van der Waals surface area contributed by atoms with Crippen molar-refractivity contribution in [3.63, 3.8) is 0 Å². The maximum atomic E-state index is 2.52. The van der Waals surface area contributed by atoms with Crippen LogP contribution in [0.4, 0.5) is 0 Å². The number of hydrogen-bond donors (Lipinski definition) is 0. The predicted octanol–water partition coefficient (Wildman–Crippen LogP) is 1.93. The van der Waals surface area contributed by atoms with Crippen molar-refractivity contribution in [2.24, 2.45) is 0 Å². The van der Waals surface area contributed by atoms with Crippen LogP contribution in [-0.4, -0.2) is 26.6 Å². The summed E-state index contributed by atoms with van der Waals surface area (Å²) < 4.78 is 0. The van der Waals surface area contributed by atoms with Crippen LogP contribution in [0.5, 0.6) is 0 Å². The molecule has 0 nitrogen and oxygen atoms in total. The molecular weight excluding hydrogens is 216 g/mol. The molecule has 0 aliphatic heterocycles. The minimum absolute atomic E-state index is 0.561. The average Bonchev–Trinajstić information content (AvgIpc) is 2.21. The molecule has 0 aliphatic carbocycles. The Labute approximate surface area is 97.7 Å². The van der Waals surface area contributed by atoms with E-state index in [1.165, 1.54) is 38.5 Å². The van der Waals surface area contributed by atoms with Gasteiger partial charge < -0.3 is 0 Å². The fourth-order valence-corrected chi connectivity index (χ4v) is 14.8. The van der Waals surface area contributed by atoms with E-state index in [0.717, 1.165) is 0 Å². The van der Waals surface area contributed by atoms with E-state index in [1.807, 2.05) is 0 Å². The van der Waals surface area contributed by atoms with Crippen molar-refractivity contribution < 1.29 is 0 Å². The quantitative estimate of drug-likeness (QED) is 0.386. The van der Waals surface area contributed by atoms with Gasteiger partial charge >= 0.3 is 0 Å². The smallest absolute Gasteiger partial charge is 0.00492 e.